The first-order chi connectivity index (χ1) is 14.0. The van der Waals surface area contributed by atoms with Gasteiger partial charge in [-0.2, -0.15) is 39.5 Å². The minimum atomic E-state index is -6.22. The van der Waals surface area contributed by atoms with Crippen molar-refractivity contribution >= 4 is 5.97 Å². The maximum absolute atomic E-state index is 13.3. The number of allylic oxidation sites excluding steroid dienone is 1. The first-order valence-electron chi connectivity index (χ1n) is 9.87. The van der Waals surface area contributed by atoms with Crippen LogP contribution in [-0.2, 0) is 9.53 Å². The lowest BCUT2D eigenvalue weighted by molar-refractivity contribution is -0.389. The van der Waals surface area contributed by atoms with Crippen molar-refractivity contribution < 1.29 is 54.2 Å². The van der Waals surface area contributed by atoms with Crippen LogP contribution in [-0.4, -0.2) is 41.3 Å². The summed E-state index contributed by atoms with van der Waals surface area (Å²) in [5.74, 6) is -5.62. The predicted molar refractivity (Wildman–Crippen MR) is 96.2 cm³/mol. The molecule has 0 aromatic rings. The summed E-state index contributed by atoms with van der Waals surface area (Å²) in [7, 11) is 0. The minimum absolute atomic E-state index is 0.0186. The summed E-state index contributed by atoms with van der Waals surface area (Å²) in [6, 6.07) is 0. The predicted octanol–water partition coefficient (Wildman–Crippen LogP) is 6.36. The van der Waals surface area contributed by atoms with Gasteiger partial charge in [0.2, 0.25) is 0 Å². The van der Waals surface area contributed by atoms with Gasteiger partial charge in [-0.15, -0.1) is 0 Å². The smallest absolute Gasteiger partial charge is 0.426 e. The molecule has 1 saturated carbocycles. The number of carbonyl (C=O) groups is 1. The molecule has 0 aromatic heterocycles. The zero-order valence-electron chi connectivity index (χ0n) is 18.0. The molecule has 3 unspecified atom stereocenters. The van der Waals surface area contributed by atoms with Gasteiger partial charge in [0, 0.05) is 11.5 Å². The SMILES string of the molecule is C=C(C1CC(OC(=O)C(C)(C)CC(C)C)CC(C(O)(C(F)(F)F)C(F)(F)F)C1)C(F)(F)F. The fraction of sp³-hybridized carbons (Fsp3) is 0.850. The summed E-state index contributed by atoms with van der Waals surface area (Å²) in [5.41, 5.74) is -8.00. The molecule has 32 heavy (non-hydrogen) atoms. The molecule has 188 valence electrons. The molecule has 1 N–H and O–H groups in total. The number of esters is 1. The molecule has 0 saturated heterocycles. The van der Waals surface area contributed by atoms with Gasteiger partial charge in [0.25, 0.3) is 5.60 Å². The molecule has 3 atom stereocenters. The highest BCUT2D eigenvalue weighted by atomic mass is 19.4. The molecule has 0 heterocycles. The normalized spacial score (nSPS) is 23.9. The van der Waals surface area contributed by atoms with Crippen LogP contribution in [0.15, 0.2) is 12.2 Å². The van der Waals surface area contributed by atoms with E-state index in [-0.39, 0.29) is 12.3 Å². The van der Waals surface area contributed by atoms with Gasteiger partial charge in [-0.25, -0.2) is 0 Å². The van der Waals surface area contributed by atoms with Gasteiger partial charge in [0.05, 0.1) is 5.41 Å². The Morgan fingerprint density at radius 1 is 0.969 bits per heavy atom. The first kappa shape index (κ1) is 28.6. The Morgan fingerprint density at radius 3 is 1.81 bits per heavy atom. The number of aliphatic hydroxyl groups is 1. The largest absolute Gasteiger partial charge is 0.462 e. The van der Waals surface area contributed by atoms with Crippen molar-refractivity contribution in [2.75, 3.05) is 0 Å². The summed E-state index contributed by atoms with van der Waals surface area (Å²) in [4.78, 5) is 12.5. The van der Waals surface area contributed by atoms with Gasteiger partial charge in [-0.3, -0.25) is 4.79 Å². The third kappa shape index (κ3) is 6.11. The van der Waals surface area contributed by atoms with Gasteiger partial charge in [-0.1, -0.05) is 20.4 Å². The van der Waals surface area contributed by atoms with Crippen LogP contribution in [0.1, 0.15) is 53.4 Å². The molecular formula is C20H27F9O3. The number of ether oxygens (including phenoxy) is 1. The van der Waals surface area contributed by atoms with E-state index in [0.29, 0.717) is 0 Å². The molecule has 0 amide bonds. The zero-order valence-corrected chi connectivity index (χ0v) is 18.0. The highest BCUT2D eigenvalue weighted by Gasteiger charge is 2.74. The summed E-state index contributed by atoms with van der Waals surface area (Å²) < 4.78 is 125. The third-order valence-corrected chi connectivity index (χ3v) is 5.72. The Kier molecular flexibility index (Phi) is 8.09. The Bertz CT molecular complexity index is 676. The number of alkyl halides is 9. The number of hydrogen-bond acceptors (Lipinski definition) is 3. The molecule has 0 bridgehead atoms. The standard InChI is InChI=1S/C20H27F9O3/c1-10(2)9-16(4,5)15(30)32-14-7-12(11(3)18(21,22)23)6-13(8-14)17(31,19(24,25)26)20(27,28)29/h10,12-14,31H,3,6-9H2,1-2,4-5H3. The highest BCUT2D eigenvalue weighted by Crippen LogP contribution is 2.54. The lowest BCUT2D eigenvalue weighted by atomic mass is 9.69. The van der Waals surface area contributed by atoms with Crippen LogP contribution in [0.4, 0.5) is 39.5 Å². The average molecular weight is 486 g/mol. The van der Waals surface area contributed by atoms with E-state index >= 15 is 0 Å². The first-order valence-corrected chi connectivity index (χ1v) is 9.87. The molecule has 0 aliphatic heterocycles. The van der Waals surface area contributed by atoms with Crippen LogP contribution in [0.25, 0.3) is 0 Å². The fourth-order valence-electron chi connectivity index (χ4n) is 4.26. The van der Waals surface area contributed by atoms with Crippen LogP contribution < -0.4 is 0 Å². The van der Waals surface area contributed by atoms with Gasteiger partial charge < -0.3 is 9.84 Å². The van der Waals surface area contributed by atoms with E-state index < -0.39 is 78.3 Å². The highest BCUT2D eigenvalue weighted by molar-refractivity contribution is 5.76. The second-order valence-corrected chi connectivity index (χ2v) is 9.40. The quantitative estimate of drug-likeness (QED) is 0.270. The molecular weight excluding hydrogens is 459 g/mol. The molecule has 0 aromatic carbocycles. The van der Waals surface area contributed by atoms with Crippen molar-refractivity contribution in [3.8, 4) is 0 Å². The van der Waals surface area contributed by atoms with Crippen molar-refractivity contribution in [3.63, 3.8) is 0 Å². The Hall–Kier alpha value is -1.46. The summed E-state index contributed by atoms with van der Waals surface area (Å²) in [5, 5.41) is 9.74. The maximum Gasteiger partial charge on any atom is 0.426 e. The Morgan fingerprint density at radius 2 is 1.44 bits per heavy atom. The number of carbonyl (C=O) groups excluding carboxylic acids is 1. The van der Waals surface area contributed by atoms with Crippen LogP contribution in [0.2, 0.25) is 0 Å². The average Bonchev–Trinajstić information content (AvgIpc) is 2.55. The lowest BCUT2D eigenvalue weighted by Gasteiger charge is -2.45. The third-order valence-electron chi connectivity index (χ3n) is 5.72. The van der Waals surface area contributed by atoms with E-state index in [9.17, 15) is 49.4 Å². The van der Waals surface area contributed by atoms with E-state index in [1.165, 1.54) is 13.8 Å². The van der Waals surface area contributed by atoms with Crippen molar-refractivity contribution in [3.05, 3.63) is 12.2 Å². The molecule has 3 nitrogen and oxygen atoms in total. The second-order valence-electron chi connectivity index (χ2n) is 9.40. The van der Waals surface area contributed by atoms with Gasteiger partial charge >= 0.3 is 24.5 Å². The van der Waals surface area contributed by atoms with E-state index in [1.54, 1.807) is 13.8 Å². The topological polar surface area (TPSA) is 46.5 Å². The molecule has 1 aliphatic rings. The molecule has 12 heteroatoms. The van der Waals surface area contributed by atoms with E-state index in [1.807, 2.05) is 0 Å². The summed E-state index contributed by atoms with van der Waals surface area (Å²) in [6.07, 6.45) is -22.0. The molecule has 1 aliphatic carbocycles. The molecule has 0 spiro atoms. The van der Waals surface area contributed by atoms with Gasteiger partial charge in [0.15, 0.2) is 0 Å². The van der Waals surface area contributed by atoms with Crippen molar-refractivity contribution in [2.45, 2.75) is 83.6 Å². The Balaban J connectivity index is 3.36. The Labute approximate surface area is 180 Å². The van der Waals surface area contributed by atoms with Gasteiger partial charge in [-0.05, 0) is 51.4 Å². The summed E-state index contributed by atoms with van der Waals surface area (Å²) in [6.45, 7) is 9.21. The van der Waals surface area contributed by atoms with Gasteiger partial charge in [0.1, 0.15) is 6.10 Å². The van der Waals surface area contributed by atoms with Crippen molar-refractivity contribution in [1.29, 1.82) is 0 Å². The molecule has 1 fully saturated rings. The van der Waals surface area contributed by atoms with Crippen molar-refractivity contribution in [2.24, 2.45) is 23.2 Å². The number of halogens is 9. The number of rotatable bonds is 6. The number of hydrogen-bond donors (Lipinski definition) is 1. The summed E-state index contributed by atoms with van der Waals surface area (Å²) >= 11 is 0. The van der Waals surface area contributed by atoms with Crippen LogP contribution >= 0.6 is 0 Å². The maximum atomic E-state index is 13.3. The van der Waals surface area contributed by atoms with E-state index in [2.05, 4.69) is 6.58 Å². The van der Waals surface area contributed by atoms with E-state index in [4.69, 9.17) is 4.74 Å². The molecule has 0 radical (unpaired) electrons. The monoisotopic (exact) mass is 486 g/mol. The van der Waals surface area contributed by atoms with Crippen LogP contribution in [0.5, 0.6) is 0 Å². The van der Waals surface area contributed by atoms with E-state index in [0.717, 1.165) is 0 Å². The zero-order chi connectivity index (χ0) is 25.5. The second kappa shape index (κ2) is 9.06. The van der Waals surface area contributed by atoms with Crippen LogP contribution in [0, 0.1) is 23.2 Å². The molecule has 1 rings (SSSR count). The lowest BCUT2D eigenvalue weighted by Crippen LogP contribution is -2.63. The fourth-order valence-corrected chi connectivity index (χ4v) is 4.26. The van der Waals surface area contributed by atoms with Crippen LogP contribution in [0.3, 0.4) is 0 Å². The minimum Gasteiger partial charge on any atom is -0.462 e. The van der Waals surface area contributed by atoms with Crippen molar-refractivity contribution in [1.82, 2.24) is 0 Å².